The summed E-state index contributed by atoms with van der Waals surface area (Å²) in [6, 6.07) is 4.66. The van der Waals surface area contributed by atoms with Crippen molar-refractivity contribution in [2.45, 2.75) is 30.0 Å². The van der Waals surface area contributed by atoms with E-state index in [4.69, 9.17) is 8.94 Å². The van der Waals surface area contributed by atoms with E-state index in [9.17, 15) is 21.6 Å². The lowest BCUT2D eigenvalue weighted by Crippen LogP contribution is -2.07. The average molecular weight is 460 g/mol. The molecule has 1 aliphatic rings. The Labute approximate surface area is 173 Å². The maximum absolute atomic E-state index is 12.8. The molecule has 1 aromatic carbocycles. The van der Waals surface area contributed by atoms with Crippen LogP contribution in [-0.4, -0.2) is 40.3 Å². The van der Waals surface area contributed by atoms with Crippen LogP contribution < -0.4 is 0 Å². The van der Waals surface area contributed by atoms with Crippen molar-refractivity contribution < 1.29 is 30.5 Å². The van der Waals surface area contributed by atoms with E-state index in [1.165, 1.54) is 12.1 Å². The second-order valence-electron chi connectivity index (χ2n) is 6.81. The fourth-order valence-electron chi connectivity index (χ4n) is 3.05. The van der Waals surface area contributed by atoms with Gasteiger partial charge in [0.25, 0.3) is 5.22 Å². The molecule has 3 heterocycles. The summed E-state index contributed by atoms with van der Waals surface area (Å²) in [6.45, 7) is 0. The van der Waals surface area contributed by atoms with Gasteiger partial charge in [-0.2, -0.15) is 18.2 Å². The molecule has 1 atom stereocenters. The van der Waals surface area contributed by atoms with Crippen molar-refractivity contribution in [3.63, 3.8) is 0 Å². The maximum Gasteiger partial charge on any atom is 0.416 e. The fourth-order valence-corrected chi connectivity index (χ4v) is 5.53. The van der Waals surface area contributed by atoms with Crippen molar-refractivity contribution in [1.29, 1.82) is 0 Å². The van der Waals surface area contributed by atoms with Crippen LogP contribution in [0.15, 0.2) is 38.4 Å². The van der Waals surface area contributed by atoms with Gasteiger partial charge in [0.05, 0.1) is 22.8 Å². The molecule has 160 valence electrons. The first-order valence-electron chi connectivity index (χ1n) is 8.84. The summed E-state index contributed by atoms with van der Waals surface area (Å²) < 4.78 is 72.2. The highest BCUT2D eigenvalue weighted by molar-refractivity contribution is 7.98. The van der Waals surface area contributed by atoms with Gasteiger partial charge in [0, 0.05) is 12.0 Å². The van der Waals surface area contributed by atoms with Gasteiger partial charge in [0.15, 0.2) is 9.84 Å². The first kappa shape index (κ1) is 20.8. The molecule has 0 bridgehead atoms. The molecule has 1 saturated heterocycles. The summed E-state index contributed by atoms with van der Waals surface area (Å²) in [5.74, 6) is 1.05. The van der Waals surface area contributed by atoms with Gasteiger partial charge < -0.3 is 8.94 Å². The van der Waals surface area contributed by atoms with Crippen LogP contribution in [0.5, 0.6) is 0 Å². The third-order valence-corrected chi connectivity index (χ3v) is 7.11. The van der Waals surface area contributed by atoms with E-state index in [0.29, 0.717) is 18.7 Å². The maximum atomic E-state index is 12.8. The first-order valence-corrected chi connectivity index (χ1v) is 11.6. The lowest BCUT2D eigenvalue weighted by Gasteiger charge is -2.06. The van der Waals surface area contributed by atoms with Crippen LogP contribution in [-0.2, 0) is 28.2 Å². The summed E-state index contributed by atoms with van der Waals surface area (Å²) >= 11 is 1.13. The molecule has 2 aromatic heterocycles. The minimum absolute atomic E-state index is 0.0285. The number of hydrogen-bond donors (Lipinski definition) is 0. The minimum atomic E-state index is -4.46. The number of hydrogen-bond acceptors (Lipinski definition) is 9. The van der Waals surface area contributed by atoms with E-state index >= 15 is 0 Å². The van der Waals surface area contributed by atoms with Gasteiger partial charge in [0.2, 0.25) is 17.6 Å². The third-order valence-electron chi connectivity index (χ3n) is 4.47. The van der Waals surface area contributed by atoms with Crippen molar-refractivity contribution in [3.8, 4) is 11.4 Å². The number of alkyl halides is 3. The first-order chi connectivity index (χ1) is 14.2. The molecule has 13 heteroatoms. The van der Waals surface area contributed by atoms with Crippen molar-refractivity contribution in [1.82, 2.24) is 20.3 Å². The number of aromatic nitrogens is 4. The standard InChI is InChI=1S/C17H15F3N4O4S2/c18-17(19,20)12-3-1-2-11(7-12)15-21-14(28-24-15)8-29-16-23-22-13(27-16)6-10-4-5-30(25,26)9-10/h1-3,7,10H,4-6,8-9H2. The summed E-state index contributed by atoms with van der Waals surface area (Å²) in [5, 5.41) is 11.8. The summed E-state index contributed by atoms with van der Waals surface area (Å²) in [7, 11) is -2.97. The van der Waals surface area contributed by atoms with E-state index in [1.807, 2.05) is 0 Å². The van der Waals surface area contributed by atoms with Crippen LogP contribution in [0.3, 0.4) is 0 Å². The Morgan fingerprint density at radius 2 is 2.03 bits per heavy atom. The summed E-state index contributed by atoms with van der Waals surface area (Å²) in [4.78, 5) is 4.10. The zero-order valence-corrected chi connectivity index (χ0v) is 16.9. The molecule has 3 aromatic rings. The molecule has 1 unspecified atom stereocenters. The second kappa shape index (κ2) is 8.02. The molecule has 8 nitrogen and oxygen atoms in total. The van der Waals surface area contributed by atoms with Gasteiger partial charge in [-0.3, -0.25) is 0 Å². The molecule has 0 saturated carbocycles. The number of thioether (sulfide) groups is 1. The zero-order valence-electron chi connectivity index (χ0n) is 15.3. The van der Waals surface area contributed by atoms with E-state index in [2.05, 4.69) is 20.3 Å². The smallest absolute Gasteiger partial charge is 0.416 e. The van der Waals surface area contributed by atoms with Gasteiger partial charge >= 0.3 is 6.18 Å². The number of halogens is 3. The van der Waals surface area contributed by atoms with Gasteiger partial charge in [-0.25, -0.2) is 8.42 Å². The van der Waals surface area contributed by atoms with Gasteiger partial charge in [-0.1, -0.05) is 29.1 Å². The largest absolute Gasteiger partial charge is 0.416 e. The molecular weight excluding hydrogens is 445 g/mol. The molecule has 4 rings (SSSR count). The SMILES string of the molecule is O=S1(=O)CCC(Cc2nnc(SCc3nc(-c4cccc(C(F)(F)F)c4)no3)o2)C1. The minimum Gasteiger partial charge on any atom is -0.416 e. The van der Waals surface area contributed by atoms with Crippen LogP contribution in [0, 0.1) is 5.92 Å². The highest BCUT2D eigenvalue weighted by Crippen LogP contribution is 2.32. The highest BCUT2D eigenvalue weighted by Gasteiger charge is 2.31. The molecular formula is C17H15F3N4O4S2. The predicted molar refractivity (Wildman–Crippen MR) is 99.1 cm³/mol. The zero-order chi connectivity index (χ0) is 21.4. The van der Waals surface area contributed by atoms with Gasteiger partial charge in [-0.15, -0.1) is 10.2 Å². The van der Waals surface area contributed by atoms with Crippen LogP contribution in [0.2, 0.25) is 0 Å². The Kier molecular flexibility index (Phi) is 5.57. The third kappa shape index (κ3) is 5.01. The molecule has 0 spiro atoms. The number of sulfone groups is 1. The molecule has 30 heavy (non-hydrogen) atoms. The quantitative estimate of drug-likeness (QED) is 0.511. The Hall–Kier alpha value is -2.41. The predicted octanol–water partition coefficient (Wildman–Crippen LogP) is 3.41. The normalized spacial score (nSPS) is 18.7. The van der Waals surface area contributed by atoms with Crippen molar-refractivity contribution >= 4 is 21.6 Å². The number of benzene rings is 1. The lowest BCUT2D eigenvalue weighted by molar-refractivity contribution is -0.137. The molecule has 1 fully saturated rings. The molecule has 1 aliphatic heterocycles. The number of nitrogens with zero attached hydrogens (tertiary/aromatic N) is 4. The monoisotopic (exact) mass is 460 g/mol. The van der Waals surface area contributed by atoms with Crippen molar-refractivity contribution in [2.24, 2.45) is 5.92 Å². The average Bonchev–Trinajstić information content (AvgIpc) is 3.40. The summed E-state index contributed by atoms with van der Waals surface area (Å²) in [5.41, 5.74) is -0.606. The molecule has 0 N–H and O–H groups in total. The van der Waals surface area contributed by atoms with Gasteiger partial charge in [0.1, 0.15) is 0 Å². The van der Waals surface area contributed by atoms with Gasteiger partial charge in [-0.05, 0) is 24.5 Å². The van der Waals surface area contributed by atoms with E-state index in [1.54, 1.807) is 0 Å². The Bertz CT molecular complexity index is 1140. The molecule has 0 aliphatic carbocycles. The van der Waals surface area contributed by atoms with E-state index < -0.39 is 21.6 Å². The van der Waals surface area contributed by atoms with Crippen LogP contribution in [0.1, 0.15) is 23.8 Å². The second-order valence-corrected chi connectivity index (χ2v) is 9.97. The van der Waals surface area contributed by atoms with E-state index in [0.717, 1.165) is 23.9 Å². The molecule has 0 amide bonds. The Morgan fingerprint density at radius 3 is 2.77 bits per heavy atom. The topological polar surface area (TPSA) is 112 Å². The highest BCUT2D eigenvalue weighted by atomic mass is 32.2. The van der Waals surface area contributed by atoms with Crippen molar-refractivity contribution in [2.75, 3.05) is 11.5 Å². The van der Waals surface area contributed by atoms with Crippen LogP contribution in [0.4, 0.5) is 13.2 Å². The van der Waals surface area contributed by atoms with Crippen molar-refractivity contribution in [3.05, 3.63) is 41.6 Å². The number of rotatable bonds is 6. The van der Waals surface area contributed by atoms with Crippen LogP contribution in [0.25, 0.3) is 11.4 Å². The molecule has 0 radical (unpaired) electrons. The Balaban J connectivity index is 1.36. The fraction of sp³-hybridized carbons (Fsp3) is 0.412. The summed E-state index contributed by atoms with van der Waals surface area (Å²) in [6.07, 6.45) is -3.49. The van der Waals surface area contributed by atoms with E-state index in [-0.39, 0.29) is 45.7 Å². The van der Waals surface area contributed by atoms with Crippen LogP contribution >= 0.6 is 11.8 Å². The lowest BCUT2D eigenvalue weighted by atomic mass is 10.1. The Morgan fingerprint density at radius 1 is 1.20 bits per heavy atom.